The minimum Gasteiger partial charge on any atom is -0.748 e. The van der Waals surface area contributed by atoms with Crippen molar-refractivity contribution in [1.82, 2.24) is 0 Å². The van der Waals surface area contributed by atoms with Gasteiger partial charge in [0.05, 0.1) is 64.2 Å². The SMILES string of the molecule is CCCCC.COS(=O)(=O)[O-].CS(=O)(=O)[O-].C[N+](C)(C)C.C[S+](C)C. The van der Waals surface area contributed by atoms with Crippen molar-refractivity contribution in [1.29, 1.82) is 0 Å². The molecule has 160 valence electrons. The highest BCUT2D eigenvalue weighted by molar-refractivity contribution is 7.94. The molecule has 11 heteroatoms. The molecule has 0 fully saturated rings. The van der Waals surface area contributed by atoms with E-state index < -0.39 is 20.5 Å². The zero-order valence-corrected chi connectivity index (χ0v) is 20.1. The van der Waals surface area contributed by atoms with Crippen LogP contribution in [0, 0.1) is 0 Å². The van der Waals surface area contributed by atoms with Gasteiger partial charge in [-0.3, -0.25) is 4.18 Å². The molecule has 0 heterocycles. The summed E-state index contributed by atoms with van der Waals surface area (Å²) in [6.07, 6.45) is 11.3. The first kappa shape index (κ1) is 36.1. The van der Waals surface area contributed by atoms with Crippen LogP contribution in [0.25, 0.3) is 0 Å². The second-order valence-electron chi connectivity index (χ2n) is 6.54. The van der Waals surface area contributed by atoms with Crippen LogP contribution in [-0.2, 0) is 35.6 Å². The first-order chi connectivity index (χ1) is 10.7. The summed E-state index contributed by atoms with van der Waals surface area (Å²) in [4.78, 5) is 0. The molecule has 0 aromatic rings. The van der Waals surface area contributed by atoms with Gasteiger partial charge in [0.2, 0.25) is 10.4 Å². The zero-order valence-electron chi connectivity index (χ0n) is 17.7. The Morgan fingerprint density at radius 1 is 0.880 bits per heavy atom. The average Bonchev–Trinajstić information content (AvgIpc) is 2.24. The molecule has 0 bridgehead atoms. The number of rotatable bonds is 3. The third kappa shape index (κ3) is 454. The van der Waals surface area contributed by atoms with E-state index in [4.69, 9.17) is 13.0 Å². The van der Waals surface area contributed by atoms with Crippen molar-refractivity contribution in [2.75, 3.05) is 60.3 Å². The molecule has 0 aromatic heterocycles. The maximum Gasteiger partial charge on any atom is 0.217 e. The molecule has 0 aromatic carbocycles. The third-order valence-corrected chi connectivity index (χ3v) is 1.32. The highest BCUT2D eigenvalue weighted by atomic mass is 32.3. The lowest BCUT2D eigenvalue weighted by Crippen LogP contribution is -2.27. The Balaban J connectivity index is -0.0000000671. The monoisotopic (exact) mass is 429 g/mol. The van der Waals surface area contributed by atoms with E-state index in [2.05, 4.69) is 65.0 Å². The molecular formula is C14H39NO7S3. The Bertz CT molecular complexity index is 423. The van der Waals surface area contributed by atoms with Gasteiger partial charge in [-0.05, 0) is 10.9 Å². The van der Waals surface area contributed by atoms with Crippen LogP contribution in [0.1, 0.15) is 33.1 Å². The fourth-order valence-electron chi connectivity index (χ4n) is 0.354. The predicted octanol–water partition coefficient (Wildman–Crippen LogP) is 1.27. The average molecular weight is 430 g/mol. The summed E-state index contributed by atoms with van der Waals surface area (Å²) in [6.45, 7) is 4.42. The molecule has 25 heavy (non-hydrogen) atoms. The quantitative estimate of drug-likeness (QED) is 0.286. The van der Waals surface area contributed by atoms with Gasteiger partial charge < -0.3 is 13.6 Å². The van der Waals surface area contributed by atoms with Gasteiger partial charge in [0, 0.05) is 6.26 Å². The minimum absolute atomic E-state index is 0.604. The Labute approximate surface area is 159 Å². The van der Waals surface area contributed by atoms with E-state index in [-0.39, 0.29) is 0 Å². The summed E-state index contributed by atoms with van der Waals surface area (Å²) in [5.74, 6) is 0. The van der Waals surface area contributed by atoms with Crippen LogP contribution < -0.4 is 0 Å². The van der Waals surface area contributed by atoms with Gasteiger partial charge in [0.15, 0.2) is 0 Å². The molecule has 0 atom stereocenters. The van der Waals surface area contributed by atoms with Crippen LogP contribution in [0.5, 0.6) is 0 Å². The van der Waals surface area contributed by atoms with E-state index in [0.717, 1.165) is 11.6 Å². The Hall–Kier alpha value is 0.0900. The first-order valence-corrected chi connectivity index (χ1v) is 13.0. The van der Waals surface area contributed by atoms with Crippen molar-refractivity contribution in [2.24, 2.45) is 0 Å². The molecule has 0 N–H and O–H groups in total. The number of quaternary nitrogens is 1. The molecule has 0 amide bonds. The van der Waals surface area contributed by atoms with E-state index in [1.165, 1.54) is 19.3 Å². The molecule has 0 aliphatic carbocycles. The lowest BCUT2D eigenvalue weighted by molar-refractivity contribution is -0.849. The van der Waals surface area contributed by atoms with Crippen LogP contribution in [0.3, 0.4) is 0 Å². The van der Waals surface area contributed by atoms with Gasteiger partial charge in [0.1, 0.15) is 0 Å². The van der Waals surface area contributed by atoms with Crippen molar-refractivity contribution in [2.45, 2.75) is 33.1 Å². The number of hydrogen-bond acceptors (Lipinski definition) is 7. The Kier molecular flexibility index (Phi) is 29.4. The van der Waals surface area contributed by atoms with Crippen molar-refractivity contribution >= 4 is 31.4 Å². The third-order valence-electron chi connectivity index (χ3n) is 0.911. The summed E-state index contributed by atoms with van der Waals surface area (Å²) in [5, 5.41) is 0. The standard InChI is InChI=1S/C5H12.C4H12N.C3H9S.CH4O4S.CH4O3S/c1-3-5-4-2;1-5(2,3)4;1-4(2)3;1-5-6(2,3)4;1-5(2,3)4/h3-5H2,1-2H3;1-4H3;1-3H3;1H3,(H,2,3,4);1H3,(H,2,3,4)/q;2*+1;;/p-2. The molecular weight excluding hydrogens is 390 g/mol. The first-order valence-electron chi connectivity index (χ1n) is 7.41. The van der Waals surface area contributed by atoms with Crippen molar-refractivity contribution < 1.29 is 34.6 Å². The fraction of sp³-hybridized carbons (Fsp3) is 1.00. The van der Waals surface area contributed by atoms with Crippen LogP contribution >= 0.6 is 0 Å². The molecule has 0 radical (unpaired) electrons. The van der Waals surface area contributed by atoms with Crippen molar-refractivity contribution in [3.05, 3.63) is 0 Å². The summed E-state index contributed by atoms with van der Waals surface area (Å²) in [5.41, 5.74) is 0. The summed E-state index contributed by atoms with van der Waals surface area (Å²) >= 11 is 0. The van der Waals surface area contributed by atoms with Gasteiger partial charge in [-0.25, -0.2) is 16.8 Å². The second kappa shape index (κ2) is 20.4. The van der Waals surface area contributed by atoms with Crippen LogP contribution in [0.4, 0.5) is 0 Å². The Morgan fingerprint density at radius 3 is 1.00 bits per heavy atom. The molecule has 8 nitrogen and oxygen atoms in total. The normalized spacial score (nSPS) is 10.6. The fourth-order valence-corrected chi connectivity index (χ4v) is 0.354. The highest BCUT2D eigenvalue weighted by Gasteiger charge is 1.88. The van der Waals surface area contributed by atoms with Crippen LogP contribution in [0.15, 0.2) is 0 Å². The molecule has 0 spiro atoms. The van der Waals surface area contributed by atoms with E-state index in [1.54, 1.807) is 0 Å². The molecule has 0 saturated carbocycles. The maximum absolute atomic E-state index is 9.22. The predicted molar refractivity (Wildman–Crippen MR) is 107 cm³/mol. The van der Waals surface area contributed by atoms with Crippen molar-refractivity contribution in [3.8, 4) is 0 Å². The van der Waals surface area contributed by atoms with Crippen molar-refractivity contribution in [3.63, 3.8) is 0 Å². The van der Waals surface area contributed by atoms with Crippen LogP contribution in [-0.4, -0.2) is 90.7 Å². The van der Waals surface area contributed by atoms with Gasteiger partial charge in [-0.15, -0.1) is 0 Å². The topological polar surface area (TPSA) is 124 Å². The second-order valence-corrected chi connectivity index (χ2v) is 11.5. The van der Waals surface area contributed by atoms with E-state index >= 15 is 0 Å². The largest absolute Gasteiger partial charge is 0.748 e. The van der Waals surface area contributed by atoms with E-state index in [0.29, 0.717) is 17.2 Å². The van der Waals surface area contributed by atoms with Crippen LogP contribution in [0.2, 0.25) is 0 Å². The van der Waals surface area contributed by atoms with E-state index in [1.807, 2.05) is 0 Å². The molecule has 0 rings (SSSR count). The summed E-state index contributed by atoms with van der Waals surface area (Å²) in [7, 11) is 1.62. The van der Waals surface area contributed by atoms with Gasteiger partial charge >= 0.3 is 0 Å². The van der Waals surface area contributed by atoms with Gasteiger partial charge in [-0.2, -0.15) is 0 Å². The molecule has 0 aliphatic heterocycles. The number of nitrogens with zero attached hydrogens (tertiary/aromatic N) is 1. The highest BCUT2D eigenvalue weighted by Crippen LogP contribution is 1.88. The minimum atomic E-state index is -4.41. The smallest absolute Gasteiger partial charge is 0.217 e. The molecule has 0 saturated heterocycles. The molecule has 0 unspecified atom stereocenters. The van der Waals surface area contributed by atoms with E-state index in [9.17, 15) is 13.0 Å². The number of unbranched alkanes of at least 4 members (excludes halogenated alkanes) is 2. The lowest BCUT2D eigenvalue weighted by atomic mass is 10.3. The maximum atomic E-state index is 9.22. The summed E-state index contributed by atoms with van der Waals surface area (Å²) in [6, 6.07) is 0. The summed E-state index contributed by atoms with van der Waals surface area (Å²) < 4.78 is 59.2. The Morgan fingerprint density at radius 2 is 1.00 bits per heavy atom. The number of hydrogen-bond donors (Lipinski definition) is 0. The lowest BCUT2D eigenvalue weighted by Gasteiger charge is -2.14. The van der Waals surface area contributed by atoms with Gasteiger partial charge in [-0.1, -0.05) is 33.1 Å². The zero-order chi connectivity index (χ0) is 21.9. The molecule has 0 aliphatic rings. The van der Waals surface area contributed by atoms with Gasteiger partial charge in [0.25, 0.3) is 0 Å².